The lowest BCUT2D eigenvalue weighted by molar-refractivity contribution is 0.0634. The summed E-state index contributed by atoms with van der Waals surface area (Å²) in [5.41, 5.74) is 1.35. The van der Waals surface area contributed by atoms with Gasteiger partial charge in [-0.05, 0) is 36.1 Å². The number of nitrogens with one attached hydrogen (secondary N) is 1. The van der Waals surface area contributed by atoms with E-state index in [-0.39, 0.29) is 18.6 Å². The summed E-state index contributed by atoms with van der Waals surface area (Å²) >= 11 is 1.70. The first-order valence-corrected chi connectivity index (χ1v) is 11.6. The molecule has 164 valence electrons. The zero-order valence-electron chi connectivity index (χ0n) is 17.6. The second-order valence-electron chi connectivity index (χ2n) is 7.39. The maximum absolute atomic E-state index is 13.0. The first kappa shape index (κ1) is 21.5. The predicted octanol–water partition coefficient (Wildman–Crippen LogP) is 2.72. The number of amides is 2. The second-order valence-corrected chi connectivity index (χ2v) is 8.69. The van der Waals surface area contributed by atoms with Crippen LogP contribution in [-0.2, 0) is 0 Å². The number of hydrogen-bond acceptors (Lipinski definition) is 6. The monoisotopic (exact) mass is 441 g/mol. The van der Waals surface area contributed by atoms with Crippen molar-refractivity contribution in [2.75, 3.05) is 51.8 Å². The normalized spacial score (nSPS) is 15.7. The molecule has 1 fully saturated rings. The Morgan fingerprint density at radius 3 is 2.61 bits per heavy atom. The third-order valence-electron chi connectivity index (χ3n) is 5.43. The van der Waals surface area contributed by atoms with Crippen molar-refractivity contribution < 1.29 is 19.1 Å². The molecule has 2 aliphatic heterocycles. The average Bonchev–Trinajstić information content (AvgIpc) is 3.27. The van der Waals surface area contributed by atoms with Crippen molar-refractivity contribution in [1.29, 1.82) is 0 Å². The maximum Gasteiger partial charge on any atom is 0.255 e. The summed E-state index contributed by atoms with van der Waals surface area (Å²) in [6, 6.07) is 13.0. The van der Waals surface area contributed by atoms with Crippen LogP contribution in [0.1, 0.15) is 27.6 Å². The summed E-state index contributed by atoms with van der Waals surface area (Å²) in [5, 5.41) is 2.96. The fourth-order valence-corrected chi connectivity index (χ4v) is 4.53. The number of carbonyl (C=O) groups is 2. The van der Waals surface area contributed by atoms with E-state index < -0.39 is 0 Å². The van der Waals surface area contributed by atoms with Gasteiger partial charge in [0.15, 0.2) is 11.5 Å². The first-order valence-electron chi connectivity index (χ1n) is 10.6. The molecule has 2 aromatic carbocycles. The van der Waals surface area contributed by atoms with Gasteiger partial charge in [0.25, 0.3) is 11.8 Å². The number of carbonyl (C=O) groups excluding carboxylic acids is 2. The maximum atomic E-state index is 13.0. The van der Waals surface area contributed by atoms with E-state index in [0.29, 0.717) is 36.7 Å². The molecule has 0 unspecified atom stereocenters. The van der Waals surface area contributed by atoms with Gasteiger partial charge in [-0.3, -0.25) is 14.5 Å². The Labute approximate surface area is 186 Å². The van der Waals surface area contributed by atoms with Crippen LogP contribution in [0.25, 0.3) is 0 Å². The largest absolute Gasteiger partial charge is 0.454 e. The molecule has 0 radical (unpaired) electrons. The number of rotatable bonds is 7. The molecule has 0 spiro atoms. The Balaban J connectivity index is 1.22. The molecular formula is C23H27N3O4S. The predicted molar refractivity (Wildman–Crippen MR) is 120 cm³/mol. The summed E-state index contributed by atoms with van der Waals surface area (Å²) in [6.45, 7) is 6.58. The molecule has 1 saturated heterocycles. The van der Waals surface area contributed by atoms with Gasteiger partial charge in [0.1, 0.15) is 0 Å². The van der Waals surface area contributed by atoms with E-state index in [9.17, 15) is 9.59 Å². The zero-order chi connectivity index (χ0) is 21.6. The van der Waals surface area contributed by atoms with Gasteiger partial charge in [-0.25, -0.2) is 0 Å². The minimum Gasteiger partial charge on any atom is -0.454 e. The first-order chi connectivity index (χ1) is 15.2. The van der Waals surface area contributed by atoms with Gasteiger partial charge in [-0.1, -0.05) is 19.1 Å². The summed E-state index contributed by atoms with van der Waals surface area (Å²) in [7, 11) is 0. The van der Waals surface area contributed by atoms with E-state index in [4.69, 9.17) is 9.47 Å². The average molecular weight is 442 g/mol. The number of hydrogen-bond donors (Lipinski definition) is 1. The standard InChI is InChI=1S/C23H27N3O4S/c1-2-31-21-6-4-3-5-18(21)23(28)26-13-11-25(12-14-26)10-9-24-22(27)17-7-8-19-20(15-17)30-16-29-19/h3-8,15H,2,9-14,16H2,1H3,(H,24,27). The summed E-state index contributed by atoms with van der Waals surface area (Å²) < 4.78 is 10.6. The summed E-state index contributed by atoms with van der Waals surface area (Å²) in [5.74, 6) is 2.19. The Bertz CT molecular complexity index is 944. The highest BCUT2D eigenvalue weighted by Crippen LogP contribution is 2.32. The van der Waals surface area contributed by atoms with Crippen molar-refractivity contribution in [3.63, 3.8) is 0 Å². The molecule has 2 aromatic rings. The second kappa shape index (κ2) is 10.1. The molecule has 0 aromatic heterocycles. The van der Waals surface area contributed by atoms with Crippen molar-refractivity contribution in [3.8, 4) is 11.5 Å². The molecule has 0 atom stereocenters. The van der Waals surface area contributed by atoms with Crippen molar-refractivity contribution in [2.45, 2.75) is 11.8 Å². The number of thioether (sulfide) groups is 1. The Morgan fingerprint density at radius 1 is 1.03 bits per heavy atom. The van der Waals surface area contributed by atoms with E-state index in [1.54, 1.807) is 30.0 Å². The molecule has 2 aliphatic rings. The third-order valence-corrected chi connectivity index (χ3v) is 6.38. The molecule has 2 heterocycles. The molecule has 1 N–H and O–H groups in total. The Hall–Kier alpha value is -2.71. The fraction of sp³-hybridized carbons (Fsp3) is 0.391. The van der Waals surface area contributed by atoms with E-state index in [0.717, 1.165) is 35.8 Å². The number of nitrogens with zero attached hydrogens (tertiary/aromatic N) is 2. The van der Waals surface area contributed by atoms with E-state index in [2.05, 4.69) is 17.1 Å². The molecule has 8 heteroatoms. The number of benzene rings is 2. The molecule has 0 bridgehead atoms. The molecule has 31 heavy (non-hydrogen) atoms. The van der Waals surface area contributed by atoms with Gasteiger partial charge in [0.05, 0.1) is 5.56 Å². The van der Waals surface area contributed by atoms with Crippen molar-refractivity contribution in [2.24, 2.45) is 0 Å². The lowest BCUT2D eigenvalue weighted by atomic mass is 10.1. The van der Waals surface area contributed by atoms with Gasteiger partial charge in [-0.2, -0.15) is 0 Å². The van der Waals surface area contributed by atoms with Gasteiger partial charge >= 0.3 is 0 Å². The van der Waals surface area contributed by atoms with Gasteiger partial charge < -0.3 is 19.7 Å². The topological polar surface area (TPSA) is 71.1 Å². The number of piperazine rings is 1. The zero-order valence-corrected chi connectivity index (χ0v) is 18.5. The smallest absolute Gasteiger partial charge is 0.255 e. The van der Waals surface area contributed by atoms with Crippen molar-refractivity contribution >= 4 is 23.6 Å². The van der Waals surface area contributed by atoms with Crippen LogP contribution >= 0.6 is 11.8 Å². The van der Waals surface area contributed by atoms with Gasteiger partial charge in [-0.15, -0.1) is 11.8 Å². The lowest BCUT2D eigenvalue weighted by Gasteiger charge is -2.35. The SMILES string of the molecule is CCSc1ccccc1C(=O)N1CCN(CCNC(=O)c2ccc3c(c2)OCO3)CC1. The minimum absolute atomic E-state index is 0.104. The van der Waals surface area contributed by atoms with Crippen LogP contribution in [-0.4, -0.2) is 73.4 Å². The lowest BCUT2D eigenvalue weighted by Crippen LogP contribution is -2.50. The fourth-order valence-electron chi connectivity index (χ4n) is 3.74. The minimum atomic E-state index is -0.128. The van der Waals surface area contributed by atoms with E-state index >= 15 is 0 Å². The third kappa shape index (κ3) is 5.14. The van der Waals surface area contributed by atoms with E-state index in [1.165, 1.54) is 0 Å². The molecule has 7 nitrogen and oxygen atoms in total. The highest BCUT2D eigenvalue weighted by Gasteiger charge is 2.24. The van der Waals surface area contributed by atoms with Gasteiger partial charge in [0, 0.05) is 49.7 Å². The molecule has 0 aliphatic carbocycles. The van der Waals surface area contributed by atoms with Crippen LogP contribution in [0.5, 0.6) is 11.5 Å². The van der Waals surface area contributed by atoms with Crippen LogP contribution in [0, 0.1) is 0 Å². The van der Waals surface area contributed by atoms with Crippen LogP contribution < -0.4 is 14.8 Å². The molecular weight excluding hydrogens is 414 g/mol. The van der Waals surface area contributed by atoms with Crippen molar-refractivity contribution in [3.05, 3.63) is 53.6 Å². The van der Waals surface area contributed by atoms with Crippen LogP contribution in [0.2, 0.25) is 0 Å². The summed E-state index contributed by atoms with van der Waals surface area (Å²) in [6.07, 6.45) is 0. The number of fused-ring (bicyclic) bond motifs is 1. The van der Waals surface area contributed by atoms with Crippen LogP contribution in [0.3, 0.4) is 0 Å². The van der Waals surface area contributed by atoms with Crippen LogP contribution in [0.4, 0.5) is 0 Å². The Morgan fingerprint density at radius 2 is 1.81 bits per heavy atom. The quantitative estimate of drug-likeness (QED) is 0.667. The Kier molecular flexibility index (Phi) is 6.99. The number of ether oxygens (including phenoxy) is 2. The highest BCUT2D eigenvalue weighted by atomic mass is 32.2. The molecule has 0 saturated carbocycles. The van der Waals surface area contributed by atoms with Gasteiger partial charge in [0.2, 0.25) is 6.79 Å². The van der Waals surface area contributed by atoms with E-state index in [1.807, 2.05) is 29.2 Å². The summed E-state index contributed by atoms with van der Waals surface area (Å²) in [4.78, 5) is 30.6. The highest BCUT2D eigenvalue weighted by molar-refractivity contribution is 7.99. The van der Waals surface area contributed by atoms with Crippen molar-refractivity contribution in [1.82, 2.24) is 15.1 Å². The molecule has 2 amide bonds. The molecule has 4 rings (SSSR count). The van der Waals surface area contributed by atoms with Crippen LogP contribution in [0.15, 0.2) is 47.4 Å².